The molecule has 0 aliphatic heterocycles. The van der Waals surface area contributed by atoms with E-state index in [1.54, 1.807) is 12.3 Å². The summed E-state index contributed by atoms with van der Waals surface area (Å²) in [6.07, 6.45) is 2.44. The highest BCUT2D eigenvalue weighted by Crippen LogP contribution is 2.04. The second-order valence-electron chi connectivity index (χ2n) is 3.86. The lowest BCUT2D eigenvalue weighted by molar-refractivity contribution is 0.0907. The summed E-state index contributed by atoms with van der Waals surface area (Å²) in [6, 6.07) is 3.67. The largest absolute Gasteiger partial charge is 0.409 e. The topological polar surface area (TPSA) is 113 Å². The van der Waals surface area contributed by atoms with E-state index < -0.39 is 0 Å². The minimum atomic E-state index is 0.00341. The highest BCUT2D eigenvalue weighted by Gasteiger charge is 2.07. The first-order valence-electron chi connectivity index (χ1n) is 6.10. The molecule has 0 amide bonds. The number of aliphatic hydroxyl groups excluding tert-OH is 1. The summed E-state index contributed by atoms with van der Waals surface area (Å²) in [5, 5.41) is 23.4. The van der Waals surface area contributed by atoms with Crippen LogP contribution in [0.15, 0.2) is 23.5 Å². The number of aliphatic hydroxyl groups is 1. The van der Waals surface area contributed by atoms with Crippen LogP contribution in [0.5, 0.6) is 0 Å². The van der Waals surface area contributed by atoms with Crippen molar-refractivity contribution in [2.24, 2.45) is 10.9 Å². The molecule has 0 aliphatic carbocycles. The van der Waals surface area contributed by atoms with Gasteiger partial charge in [0.1, 0.15) is 5.69 Å². The number of nitrogens with two attached hydrogens (primary N) is 1. The summed E-state index contributed by atoms with van der Waals surface area (Å²) in [5.41, 5.74) is 6.90. The molecule has 0 saturated heterocycles. The first-order valence-corrected chi connectivity index (χ1v) is 6.10. The van der Waals surface area contributed by atoms with Crippen molar-refractivity contribution in [2.75, 3.05) is 26.4 Å². The van der Waals surface area contributed by atoms with E-state index in [0.717, 1.165) is 18.5 Å². The summed E-state index contributed by atoms with van der Waals surface area (Å²) in [5.74, 6) is 0.00341. The van der Waals surface area contributed by atoms with Gasteiger partial charge < -0.3 is 26.1 Å². The number of hydrogen-bond acceptors (Lipinski definition) is 6. The fraction of sp³-hybridized carbons (Fsp3) is 0.500. The van der Waals surface area contributed by atoms with Crippen molar-refractivity contribution in [2.45, 2.75) is 13.0 Å². The Labute approximate surface area is 112 Å². The monoisotopic (exact) mass is 268 g/mol. The number of ether oxygens (including phenoxy) is 1. The molecule has 1 aromatic heterocycles. The zero-order chi connectivity index (χ0) is 13.9. The van der Waals surface area contributed by atoms with Crippen molar-refractivity contribution in [1.29, 1.82) is 0 Å². The number of amidine groups is 1. The molecular weight excluding hydrogens is 248 g/mol. The maximum absolute atomic E-state index is 8.67. The van der Waals surface area contributed by atoms with Crippen molar-refractivity contribution in [1.82, 2.24) is 10.3 Å². The van der Waals surface area contributed by atoms with Gasteiger partial charge in [-0.25, -0.2) is 0 Å². The first-order chi connectivity index (χ1) is 9.29. The van der Waals surface area contributed by atoms with Crippen molar-refractivity contribution >= 4 is 5.84 Å². The number of pyridine rings is 1. The van der Waals surface area contributed by atoms with Crippen LogP contribution in [0.25, 0.3) is 0 Å². The second kappa shape index (κ2) is 9.26. The molecule has 1 heterocycles. The molecule has 0 fully saturated rings. The van der Waals surface area contributed by atoms with Crippen LogP contribution in [-0.4, -0.2) is 47.5 Å². The normalized spacial score (nSPS) is 11.7. The zero-order valence-electron chi connectivity index (χ0n) is 10.7. The highest BCUT2D eigenvalue weighted by molar-refractivity contribution is 5.96. The summed E-state index contributed by atoms with van der Waals surface area (Å²) < 4.78 is 5.14. The van der Waals surface area contributed by atoms with Gasteiger partial charge in [-0.3, -0.25) is 4.98 Å². The van der Waals surface area contributed by atoms with Gasteiger partial charge in [0.25, 0.3) is 0 Å². The number of oxime groups is 1. The molecule has 19 heavy (non-hydrogen) atoms. The number of nitrogens with zero attached hydrogens (tertiary/aromatic N) is 2. The quantitative estimate of drug-likeness (QED) is 0.160. The maximum atomic E-state index is 8.67. The molecule has 7 nitrogen and oxygen atoms in total. The van der Waals surface area contributed by atoms with Gasteiger partial charge in [-0.2, -0.15) is 0 Å². The van der Waals surface area contributed by atoms with E-state index in [-0.39, 0.29) is 12.4 Å². The van der Waals surface area contributed by atoms with Crippen LogP contribution < -0.4 is 11.1 Å². The minimum Gasteiger partial charge on any atom is -0.409 e. The molecule has 0 saturated carbocycles. The number of rotatable bonds is 9. The lowest BCUT2D eigenvalue weighted by Crippen LogP contribution is -2.22. The smallest absolute Gasteiger partial charge is 0.189 e. The lowest BCUT2D eigenvalue weighted by atomic mass is 10.2. The Bertz CT molecular complexity index is 398. The Morgan fingerprint density at radius 2 is 2.32 bits per heavy atom. The van der Waals surface area contributed by atoms with E-state index in [2.05, 4.69) is 15.5 Å². The third-order valence-corrected chi connectivity index (χ3v) is 2.43. The van der Waals surface area contributed by atoms with Crippen LogP contribution in [0, 0.1) is 0 Å². The standard InChI is InChI=1S/C12H20N4O3/c13-12(16-18)11-10(3-1-5-15-11)9-14-4-2-7-19-8-6-17/h1,3,5,14,17-18H,2,4,6-9H2,(H2,13,16). The Kier molecular flexibility index (Phi) is 7.48. The minimum absolute atomic E-state index is 0.00341. The molecule has 0 unspecified atom stereocenters. The zero-order valence-corrected chi connectivity index (χ0v) is 10.7. The summed E-state index contributed by atoms with van der Waals surface area (Å²) >= 11 is 0. The number of hydrogen-bond donors (Lipinski definition) is 4. The maximum Gasteiger partial charge on any atom is 0.189 e. The van der Waals surface area contributed by atoms with E-state index in [4.69, 9.17) is 20.8 Å². The van der Waals surface area contributed by atoms with Gasteiger partial charge >= 0.3 is 0 Å². The van der Waals surface area contributed by atoms with Crippen molar-refractivity contribution < 1.29 is 15.1 Å². The van der Waals surface area contributed by atoms with Gasteiger partial charge in [-0.15, -0.1) is 0 Å². The molecule has 0 radical (unpaired) electrons. The Morgan fingerprint density at radius 3 is 3.05 bits per heavy atom. The first kappa shape index (κ1) is 15.4. The van der Waals surface area contributed by atoms with Gasteiger partial charge in [0.15, 0.2) is 5.84 Å². The average molecular weight is 268 g/mol. The fourth-order valence-electron chi connectivity index (χ4n) is 1.55. The van der Waals surface area contributed by atoms with Crippen LogP contribution in [-0.2, 0) is 11.3 Å². The van der Waals surface area contributed by atoms with E-state index in [0.29, 0.717) is 25.5 Å². The van der Waals surface area contributed by atoms with E-state index in [9.17, 15) is 0 Å². The van der Waals surface area contributed by atoms with Crippen molar-refractivity contribution in [3.63, 3.8) is 0 Å². The third kappa shape index (κ3) is 5.64. The van der Waals surface area contributed by atoms with Crippen LogP contribution in [0.4, 0.5) is 0 Å². The van der Waals surface area contributed by atoms with Crippen molar-refractivity contribution in [3.05, 3.63) is 29.6 Å². The van der Waals surface area contributed by atoms with Gasteiger partial charge in [-0.1, -0.05) is 11.2 Å². The van der Waals surface area contributed by atoms with E-state index in [1.807, 2.05) is 6.07 Å². The van der Waals surface area contributed by atoms with Crippen LogP contribution in [0.3, 0.4) is 0 Å². The Balaban J connectivity index is 2.33. The third-order valence-electron chi connectivity index (χ3n) is 2.43. The molecule has 106 valence electrons. The van der Waals surface area contributed by atoms with Gasteiger partial charge in [0, 0.05) is 19.3 Å². The highest BCUT2D eigenvalue weighted by atomic mass is 16.5. The van der Waals surface area contributed by atoms with E-state index in [1.165, 1.54) is 0 Å². The molecule has 0 spiro atoms. The predicted molar refractivity (Wildman–Crippen MR) is 71.0 cm³/mol. The molecule has 0 aromatic carbocycles. The molecule has 1 rings (SSSR count). The molecule has 5 N–H and O–H groups in total. The molecule has 7 heteroatoms. The Morgan fingerprint density at radius 1 is 1.47 bits per heavy atom. The Hall–Kier alpha value is -1.70. The van der Waals surface area contributed by atoms with Gasteiger partial charge in [0.2, 0.25) is 0 Å². The molecule has 1 aromatic rings. The second-order valence-corrected chi connectivity index (χ2v) is 3.86. The van der Waals surface area contributed by atoms with Crippen molar-refractivity contribution in [3.8, 4) is 0 Å². The summed E-state index contributed by atoms with van der Waals surface area (Å²) in [4.78, 5) is 4.08. The molecule has 0 atom stereocenters. The van der Waals surface area contributed by atoms with Gasteiger partial charge in [-0.05, 0) is 24.6 Å². The van der Waals surface area contributed by atoms with Gasteiger partial charge in [0.05, 0.1) is 13.2 Å². The number of nitrogens with one attached hydrogen (secondary N) is 1. The fourth-order valence-corrected chi connectivity index (χ4v) is 1.55. The van der Waals surface area contributed by atoms with Crippen LogP contribution in [0.2, 0.25) is 0 Å². The van der Waals surface area contributed by atoms with E-state index >= 15 is 0 Å². The SMILES string of the molecule is N/C(=N/O)c1ncccc1CNCCCOCCO. The van der Waals surface area contributed by atoms with Crippen LogP contribution >= 0.6 is 0 Å². The number of aromatic nitrogens is 1. The lowest BCUT2D eigenvalue weighted by Gasteiger charge is -2.08. The van der Waals surface area contributed by atoms with Crippen LogP contribution in [0.1, 0.15) is 17.7 Å². The summed E-state index contributed by atoms with van der Waals surface area (Å²) in [7, 11) is 0. The predicted octanol–water partition coefficient (Wildman–Crippen LogP) is -0.335. The summed E-state index contributed by atoms with van der Waals surface area (Å²) in [6.45, 7) is 2.38. The average Bonchev–Trinajstić information content (AvgIpc) is 2.46. The molecule has 0 bridgehead atoms. The molecule has 0 aliphatic rings. The molecular formula is C12H20N4O3.